The summed E-state index contributed by atoms with van der Waals surface area (Å²) in [5.41, 5.74) is 11.5. The Bertz CT molecular complexity index is 374. The SMILES string of the molecule is CN(C)CCOc1cc(CN=C(N)N)ccn1. The fraction of sp³-hybridized carbons (Fsp3) is 0.455. The molecule has 0 amide bonds. The molecule has 0 spiro atoms. The van der Waals surface area contributed by atoms with Gasteiger partial charge < -0.3 is 21.1 Å². The topological polar surface area (TPSA) is 89.8 Å². The normalized spacial score (nSPS) is 10.3. The summed E-state index contributed by atoms with van der Waals surface area (Å²) >= 11 is 0. The molecule has 1 heterocycles. The molecular formula is C11H19N5O. The van der Waals surface area contributed by atoms with Crippen LogP contribution in [0.15, 0.2) is 23.3 Å². The number of nitrogens with zero attached hydrogens (tertiary/aromatic N) is 3. The van der Waals surface area contributed by atoms with Crippen molar-refractivity contribution < 1.29 is 4.74 Å². The Morgan fingerprint density at radius 2 is 2.24 bits per heavy atom. The zero-order chi connectivity index (χ0) is 12.7. The molecule has 4 N–H and O–H groups in total. The van der Waals surface area contributed by atoms with E-state index in [-0.39, 0.29) is 5.96 Å². The summed E-state index contributed by atoms with van der Waals surface area (Å²) in [5, 5.41) is 0. The molecule has 0 radical (unpaired) electrons. The lowest BCUT2D eigenvalue weighted by Crippen LogP contribution is -2.22. The Morgan fingerprint density at radius 1 is 1.47 bits per heavy atom. The molecule has 0 aliphatic rings. The number of hydrogen-bond donors (Lipinski definition) is 2. The fourth-order valence-corrected chi connectivity index (χ4v) is 1.14. The van der Waals surface area contributed by atoms with Crippen LogP contribution in [-0.2, 0) is 6.54 Å². The van der Waals surface area contributed by atoms with Gasteiger partial charge >= 0.3 is 0 Å². The predicted molar refractivity (Wildman–Crippen MR) is 67.8 cm³/mol. The molecule has 0 saturated heterocycles. The van der Waals surface area contributed by atoms with Gasteiger partial charge in [-0.25, -0.2) is 9.98 Å². The van der Waals surface area contributed by atoms with Gasteiger partial charge in [0, 0.05) is 18.8 Å². The maximum absolute atomic E-state index is 5.50. The summed E-state index contributed by atoms with van der Waals surface area (Å²) in [6, 6.07) is 3.69. The van der Waals surface area contributed by atoms with E-state index in [0.29, 0.717) is 19.0 Å². The number of pyridine rings is 1. The van der Waals surface area contributed by atoms with Crippen molar-refractivity contribution in [3.05, 3.63) is 23.9 Å². The summed E-state index contributed by atoms with van der Waals surface area (Å²) in [6.45, 7) is 1.89. The van der Waals surface area contributed by atoms with Crippen molar-refractivity contribution in [2.45, 2.75) is 6.54 Å². The number of aliphatic imine (C=N–C) groups is 1. The minimum Gasteiger partial charge on any atom is -0.476 e. The zero-order valence-electron chi connectivity index (χ0n) is 10.3. The van der Waals surface area contributed by atoms with Crippen LogP contribution in [0.1, 0.15) is 5.56 Å². The van der Waals surface area contributed by atoms with Crippen LogP contribution in [0.2, 0.25) is 0 Å². The molecule has 0 bridgehead atoms. The Balaban J connectivity index is 2.51. The fourth-order valence-electron chi connectivity index (χ4n) is 1.14. The first kappa shape index (κ1) is 13.2. The van der Waals surface area contributed by atoms with E-state index in [1.165, 1.54) is 0 Å². The third kappa shape index (κ3) is 5.72. The second-order valence-corrected chi connectivity index (χ2v) is 3.90. The van der Waals surface area contributed by atoms with Gasteiger partial charge in [0.25, 0.3) is 0 Å². The Morgan fingerprint density at radius 3 is 2.88 bits per heavy atom. The van der Waals surface area contributed by atoms with Gasteiger partial charge in [-0.15, -0.1) is 0 Å². The second kappa shape index (κ2) is 6.70. The zero-order valence-corrected chi connectivity index (χ0v) is 10.3. The van der Waals surface area contributed by atoms with E-state index in [1.54, 1.807) is 6.20 Å². The van der Waals surface area contributed by atoms with Crippen LogP contribution in [0, 0.1) is 0 Å². The quantitative estimate of drug-likeness (QED) is 0.528. The van der Waals surface area contributed by atoms with Crippen molar-refractivity contribution in [2.24, 2.45) is 16.5 Å². The average Bonchev–Trinajstić information content (AvgIpc) is 2.26. The summed E-state index contributed by atoms with van der Waals surface area (Å²) in [4.78, 5) is 10.1. The molecule has 0 aromatic carbocycles. The summed E-state index contributed by atoms with van der Waals surface area (Å²) in [6.07, 6.45) is 1.68. The Kier molecular flexibility index (Phi) is 5.22. The molecule has 0 aliphatic heterocycles. The molecule has 1 aromatic heterocycles. The lowest BCUT2D eigenvalue weighted by molar-refractivity contribution is 0.253. The van der Waals surface area contributed by atoms with Crippen molar-refractivity contribution in [2.75, 3.05) is 27.2 Å². The highest BCUT2D eigenvalue weighted by Crippen LogP contribution is 2.10. The molecule has 6 nitrogen and oxygen atoms in total. The van der Waals surface area contributed by atoms with Crippen LogP contribution in [0.4, 0.5) is 0 Å². The van der Waals surface area contributed by atoms with E-state index < -0.39 is 0 Å². The lowest BCUT2D eigenvalue weighted by atomic mass is 10.3. The van der Waals surface area contributed by atoms with Crippen LogP contribution < -0.4 is 16.2 Å². The number of guanidine groups is 1. The number of ether oxygens (including phenoxy) is 1. The molecule has 0 saturated carbocycles. The predicted octanol–water partition coefficient (Wildman–Crippen LogP) is -0.205. The van der Waals surface area contributed by atoms with Gasteiger partial charge in [0.2, 0.25) is 5.88 Å². The van der Waals surface area contributed by atoms with Gasteiger partial charge in [0.1, 0.15) is 6.61 Å². The van der Waals surface area contributed by atoms with Gasteiger partial charge in [-0.05, 0) is 25.7 Å². The number of rotatable bonds is 6. The van der Waals surface area contributed by atoms with E-state index in [2.05, 4.69) is 9.98 Å². The molecular weight excluding hydrogens is 218 g/mol. The first-order valence-electron chi connectivity index (χ1n) is 5.36. The summed E-state index contributed by atoms with van der Waals surface area (Å²) in [5.74, 6) is 0.673. The van der Waals surface area contributed by atoms with E-state index in [9.17, 15) is 0 Å². The highest BCUT2D eigenvalue weighted by molar-refractivity contribution is 5.75. The van der Waals surface area contributed by atoms with Crippen molar-refractivity contribution in [3.8, 4) is 5.88 Å². The van der Waals surface area contributed by atoms with Crippen LogP contribution in [0.3, 0.4) is 0 Å². The monoisotopic (exact) mass is 237 g/mol. The molecule has 17 heavy (non-hydrogen) atoms. The van der Waals surface area contributed by atoms with Crippen molar-refractivity contribution in [1.82, 2.24) is 9.88 Å². The van der Waals surface area contributed by atoms with Crippen LogP contribution in [-0.4, -0.2) is 43.1 Å². The highest BCUT2D eigenvalue weighted by atomic mass is 16.5. The average molecular weight is 237 g/mol. The lowest BCUT2D eigenvalue weighted by Gasteiger charge is -2.10. The third-order valence-electron chi connectivity index (χ3n) is 2.03. The smallest absolute Gasteiger partial charge is 0.213 e. The third-order valence-corrected chi connectivity index (χ3v) is 2.03. The minimum absolute atomic E-state index is 0.0805. The number of nitrogens with two attached hydrogens (primary N) is 2. The Labute approximate surface area is 101 Å². The molecule has 0 atom stereocenters. The van der Waals surface area contributed by atoms with Gasteiger partial charge in [-0.3, -0.25) is 0 Å². The van der Waals surface area contributed by atoms with Gasteiger partial charge in [-0.2, -0.15) is 0 Å². The van der Waals surface area contributed by atoms with Crippen molar-refractivity contribution >= 4 is 5.96 Å². The maximum atomic E-state index is 5.50. The first-order chi connectivity index (χ1) is 8.08. The van der Waals surface area contributed by atoms with Gasteiger partial charge in [-0.1, -0.05) is 0 Å². The van der Waals surface area contributed by atoms with E-state index >= 15 is 0 Å². The molecule has 0 fully saturated rings. The number of aromatic nitrogens is 1. The standard InChI is InChI=1S/C11H19N5O/c1-16(2)5-6-17-10-7-9(3-4-14-10)8-15-11(12)13/h3-4,7H,5-6,8H2,1-2H3,(H4,12,13,15). The molecule has 94 valence electrons. The highest BCUT2D eigenvalue weighted by Gasteiger charge is 1.98. The molecule has 0 unspecified atom stereocenters. The minimum atomic E-state index is 0.0805. The maximum Gasteiger partial charge on any atom is 0.213 e. The van der Waals surface area contributed by atoms with Crippen LogP contribution in [0.5, 0.6) is 5.88 Å². The van der Waals surface area contributed by atoms with Crippen LogP contribution in [0.25, 0.3) is 0 Å². The number of likely N-dealkylation sites (N-methyl/N-ethyl adjacent to an activating group) is 1. The summed E-state index contributed by atoms with van der Waals surface area (Å²) < 4.78 is 5.50. The van der Waals surface area contributed by atoms with E-state index in [0.717, 1.165) is 12.1 Å². The van der Waals surface area contributed by atoms with Gasteiger partial charge in [0.05, 0.1) is 6.54 Å². The molecule has 0 aliphatic carbocycles. The summed E-state index contributed by atoms with van der Waals surface area (Å²) in [7, 11) is 3.98. The Hall–Kier alpha value is -1.82. The van der Waals surface area contributed by atoms with E-state index in [4.69, 9.17) is 16.2 Å². The largest absolute Gasteiger partial charge is 0.476 e. The molecule has 1 rings (SSSR count). The molecule has 6 heteroatoms. The van der Waals surface area contributed by atoms with Crippen molar-refractivity contribution in [3.63, 3.8) is 0 Å². The van der Waals surface area contributed by atoms with Crippen molar-refractivity contribution in [1.29, 1.82) is 0 Å². The van der Waals surface area contributed by atoms with E-state index in [1.807, 2.05) is 31.1 Å². The van der Waals surface area contributed by atoms with Gasteiger partial charge in [0.15, 0.2) is 5.96 Å². The van der Waals surface area contributed by atoms with Crippen LogP contribution >= 0.6 is 0 Å². The first-order valence-corrected chi connectivity index (χ1v) is 5.36. The second-order valence-electron chi connectivity index (χ2n) is 3.90. The molecule has 1 aromatic rings. The number of hydrogen-bond acceptors (Lipinski definition) is 4.